The molecule has 0 fully saturated rings. The van der Waals surface area contributed by atoms with Gasteiger partial charge in [0.25, 0.3) is 5.84 Å². The molecule has 1 aromatic carbocycles. The van der Waals surface area contributed by atoms with Crippen molar-refractivity contribution in [3.05, 3.63) is 46.5 Å². The molecule has 14 heavy (non-hydrogen) atoms. The quantitative estimate of drug-likeness (QED) is 0.761. The van der Waals surface area contributed by atoms with Gasteiger partial charge in [-0.15, -0.1) is 0 Å². The molecule has 0 spiro atoms. The lowest BCUT2D eigenvalue weighted by Gasteiger charge is -2.08. The summed E-state index contributed by atoms with van der Waals surface area (Å²) in [6.07, 6.45) is 2.12. The largest absolute Gasteiger partial charge is 0.286 e. The van der Waals surface area contributed by atoms with Crippen molar-refractivity contribution in [2.24, 2.45) is 5.73 Å². The van der Waals surface area contributed by atoms with Gasteiger partial charge in [-0.2, -0.15) is 0 Å². The van der Waals surface area contributed by atoms with Crippen LogP contribution in [0.1, 0.15) is 11.6 Å². The van der Waals surface area contributed by atoms with Gasteiger partial charge in [-0.05, 0) is 22.0 Å². The summed E-state index contributed by atoms with van der Waals surface area (Å²) in [4.78, 5) is 0. The number of nitrogens with zero attached hydrogens (tertiary/aromatic N) is 1. The molecule has 0 aliphatic carbocycles. The van der Waals surface area contributed by atoms with Crippen molar-refractivity contribution in [1.82, 2.24) is 0 Å². The maximum absolute atomic E-state index is 5.88. The zero-order chi connectivity index (χ0) is 10.1. The second-order valence-corrected chi connectivity index (χ2v) is 4.22. The average Bonchev–Trinajstić information content (AvgIpc) is 2.47. The molecule has 0 amide bonds. The molecule has 1 aliphatic heterocycles. The number of rotatable bonds is 1. The van der Waals surface area contributed by atoms with Crippen LogP contribution in [0.15, 0.2) is 40.9 Å². The molecular formula is C11H12BrN2+. The fourth-order valence-electron chi connectivity index (χ4n) is 1.62. The van der Waals surface area contributed by atoms with Crippen molar-refractivity contribution in [3.63, 3.8) is 0 Å². The minimum atomic E-state index is 0.255. The molecule has 1 unspecified atom stereocenters. The molecule has 0 saturated heterocycles. The van der Waals surface area contributed by atoms with Crippen LogP contribution in [0, 0.1) is 0 Å². The molecule has 1 aromatic rings. The van der Waals surface area contributed by atoms with Crippen LogP contribution >= 0.6 is 15.9 Å². The van der Waals surface area contributed by atoms with Crippen LogP contribution in [-0.4, -0.2) is 17.5 Å². The van der Waals surface area contributed by atoms with Gasteiger partial charge in [0, 0.05) is 5.56 Å². The number of amidine groups is 1. The lowest BCUT2D eigenvalue weighted by molar-refractivity contribution is -0.528. The molecule has 0 saturated carbocycles. The predicted molar refractivity (Wildman–Crippen MR) is 61.6 cm³/mol. The molecular weight excluding hydrogens is 240 g/mol. The normalized spacial score (nSPS) is 21.3. The van der Waals surface area contributed by atoms with Crippen molar-refractivity contribution in [2.45, 2.75) is 6.04 Å². The topological polar surface area (TPSA) is 29.0 Å². The molecule has 2 N–H and O–H groups in total. The standard InChI is InChI=1S/C11H11BrN2/c1-14-10(7-9(12)11(14)13)8-5-3-2-4-6-8/h2-7,10,13H,1H3/p+1. The summed E-state index contributed by atoms with van der Waals surface area (Å²) in [7, 11) is 2.00. The van der Waals surface area contributed by atoms with Crippen LogP contribution in [-0.2, 0) is 0 Å². The van der Waals surface area contributed by atoms with Crippen molar-refractivity contribution in [2.75, 3.05) is 7.05 Å². The average molecular weight is 252 g/mol. The van der Waals surface area contributed by atoms with Crippen molar-refractivity contribution in [1.29, 1.82) is 0 Å². The molecule has 0 radical (unpaired) electrons. The Bertz CT molecular complexity index is 407. The van der Waals surface area contributed by atoms with Crippen LogP contribution in [0.3, 0.4) is 0 Å². The van der Waals surface area contributed by atoms with E-state index in [0.29, 0.717) is 0 Å². The first kappa shape index (κ1) is 9.46. The summed E-state index contributed by atoms with van der Waals surface area (Å²) in [5.41, 5.74) is 7.13. The van der Waals surface area contributed by atoms with Gasteiger partial charge >= 0.3 is 0 Å². The van der Waals surface area contributed by atoms with Gasteiger partial charge in [0.05, 0.1) is 7.05 Å². The molecule has 72 valence electrons. The van der Waals surface area contributed by atoms with Crippen molar-refractivity contribution in [3.8, 4) is 0 Å². The minimum absolute atomic E-state index is 0.255. The fourth-order valence-corrected chi connectivity index (χ4v) is 2.15. The Kier molecular flexibility index (Phi) is 2.42. The van der Waals surface area contributed by atoms with E-state index in [4.69, 9.17) is 5.73 Å². The molecule has 0 aromatic heterocycles. The number of benzene rings is 1. The monoisotopic (exact) mass is 251 g/mol. The van der Waals surface area contributed by atoms with Gasteiger partial charge in [0.1, 0.15) is 10.5 Å². The molecule has 1 atom stereocenters. The fraction of sp³-hybridized carbons (Fsp3) is 0.182. The SMILES string of the molecule is C[N+]1=C(N)C(Br)=CC1c1ccccc1. The Hall–Kier alpha value is -1.09. The van der Waals surface area contributed by atoms with Crippen molar-refractivity contribution < 1.29 is 4.58 Å². The number of likely N-dealkylation sites (N-methyl/N-ethyl adjacent to an activating group) is 1. The van der Waals surface area contributed by atoms with Crippen LogP contribution in [0.4, 0.5) is 0 Å². The van der Waals surface area contributed by atoms with Crippen LogP contribution in [0.25, 0.3) is 0 Å². The minimum Gasteiger partial charge on any atom is -0.286 e. The first-order chi connectivity index (χ1) is 6.70. The summed E-state index contributed by atoms with van der Waals surface area (Å²) in [5.74, 6) is 0.791. The molecule has 1 heterocycles. The molecule has 3 heteroatoms. The Morgan fingerprint density at radius 2 is 1.93 bits per heavy atom. The third-order valence-electron chi connectivity index (χ3n) is 2.49. The summed E-state index contributed by atoms with van der Waals surface area (Å²) in [5, 5.41) is 0. The smallest absolute Gasteiger partial charge is 0.282 e. The summed E-state index contributed by atoms with van der Waals surface area (Å²) in [6.45, 7) is 0. The number of halogens is 1. The van der Waals surface area contributed by atoms with Gasteiger partial charge < -0.3 is 0 Å². The Morgan fingerprint density at radius 3 is 2.43 bits per heavy atom. The van der Waals surface area contributed by atoms with E-state index in [1.54, 1.807) is 0 Å². The van der Waals surface area contributed by atoms with Crippen LogP contribution in [0.2, 0.25) is 0 Å². The number of nitrogens with two attached hydrogens (primary N) is 1. The first-order valence-corrected chi connectivity index (χ1v) is 5.27. The van der Waals surface area contributed by atoms with E-state index < -0.39 is 0 Å². The second-order valence-electron chi connectivity index (χ2n) is 3.37. The lowest BCUT2D eigenvalue weighted by atomic mass is 10.1. The van der Waals surface area contributed by atoms with Gasteiger partial charge in [-0.25, -0.2) is 0 Å². The van der Waals surface area contributed by atoms with E-state index in [2.05, 4.69) is 38.7 Å². The number of hydrogen-bond donors (Lipinski definition) is 1. The summed E-state index contributed by atoms with van der Waals surface area (Å²) >= 11 is 3.44. The predicted octanol–water partition coefficient (Wildman–Crippen LogP) is 2.02. The third kappa shape index (κ3) is 1.48. The zero-order valence-corrected chi connectivity index (χ0v) is 9.53. The number of hydrogen-bond acceptors (Lipinski definition) is 1. The van der Waals surface area contributed by atoms with Gasteiger partial charge in [0.15, 0.2) is 0 Å². The highest BCUT2D eigenvalue weighted by Gasteiger charge is 2.26. The third-order valence-corrected chi connectivity index (χ3v) is 3.16. The van der Waals surface area contributed by atoms with Gasteiger partial charge in [-0.3, -0.25) is 10.3 Å². The van der Waals surface area contributed by atoms with Gasteiger partial charge in [-0.1, -0.05) is 30.3 Å². The van der Waals surface area contributed by atoms with Crippen LogP contribution in [0.5, 0.6) is 0 Å². The highest BCUT2D eigenvalue weighted by atomic mass is 79.9. The maximum Gasteiger partial charge on any atom is 0.282 e. The maximum atomic E-state index is 5.88. The molecule has 0 bridgehead atoms. The van der Waals surface area contributed by atoms with E-state index in [1.807, 2.05) is 25.2 Å². The lowest BCUT2D eigenvalue weighted by Crippen LogP contribution is -2.22. The molecule has 2 nitrogen and oxygen atoms in total. The first-order valence-electron chi connectivity index (χ1n) is 4.48. The van der Waals surface area contributed by atoms with E-state index in [9.17, 15) is 0 Å². The van der Waals surface area contributed by atoms with Crippen LogP contribution < -0.4 is 5.73 Å². The Morgan fingerprint density at radius 1 is 1.29 bits per heavy atom. The Labute approximate surface area is 91.9 Å². The van der Waals surface area contributed by atoms with E-state index >= 15 is 0 Å². The van der Waals surface area contributed by atoms with Crippen molar-refractivity contribution >= 4 is 21.8 Å². The zero-order valence-electron chi connectivity index (χ0n) is 7.94. The molecule has 2 rings (SSSR count). The highest BCUT2D eigenvalue weighted by Crippen LogP contribution is 2.26. The molecule has 1 aliphatic rings. The second kappa shape index (κ2) is 3.58. The van der Waals surface area contributed by atoms with Gasteiger partial charge in [0.2, 0.25) is 0 Å². The Balaban J connectivity index is 2.41. The van der Waals surface area contributed by atoms with E-state index in [0.717, 1.165) is 10.3 Å². The summed E-state index contributed by atoms with van der Waals surface area (Å²) < 4.78 is 3.04. The van der Waals surface area contributed by atoms with E-state index in [-0.39, 0.29) is 6.04 Å². The van der Waals surface area contributed by atoms with E-state index in [1.165, 1.54) is 5.56 Å². The summed E-state index contributed by atoms with van der Waals surface area (Å²) in [6, 6.07) is 10.6. The highest BCUT2D eigenvalue weighted by molar-refractivity contribution is 9.12.